The Bertz CT molecular complexity index is 521. The number of carbonyl (C=O) groups is 2. The van der Waals surface area contributed by atoms with Gasteiger partial charge in [0.05, 0.1) is 0 Å². The molecule has 6 heteroatoms. The Morgan fingerprint density at radius 2 is 2.11 bits per heavy atom. The highest BCUT2D eigenvalue weighted by Crippen LogP contribution is 2.29. The summed E-state index contributed by atoms with van der Waals surface area (Å²) >= 11 is 4.28. The third-order valence-corrected chi connectivity index (χ3v) is 4.24. The molecule has 1 saturated heterocycles. The lowest BCUT2D eigenvalue weighted by Gasteiger charge is -2.15. The highest BCUT2D eigenvalue weighted by molar-refractivity contribution is 9.09. The summed E-state index contributed by atoms with van der Waals surface area (Å²) in [5.41, 5.74) is 3.13. The number of carbonyl (C=O) groups excluding carboxylic acids is 2. The van der Waals surface area contributed by atoms with Gasteiger partial charge in [0.2, 0.25) is 0 Å². The van der Waals surface area contributed by atoms with E-state index in [-0.39, 0.29) is 11.1 Å². The molecular weight excluding hydrogens is 328 g/mol. The summed E-state index contributed by atoms with van der Waals surface area (Å²) < 4.78 is 0. The van der Waals surface area contributed by atoms with Gasteiger partial charge >= 0.3 is 0 Å². The number of amides is 2. The zero-order valence-electron chi connectivity index (χ0n) is 10.8. The van der Waals surface area contributed by atoms with Gasteiger partial charge < -0.3 is 5.32 Å². The topological polar surface area (TPSA) is 49.4 Å². The van der Waals surface area contributed by atoms with Crippen molar-refractivity contribution in [3.63, 3.8) is 0 Å². The van der Waals surface area contributed by atoms with Gasteiger partial charge in [0.1, 0.15) is 0 Å². The molecule has 0 aromatic heterocycles. The molecule has 4 nitrogen and oxygen atoms in total. The summed E-state index contributed by atoms with van der Waals surface area (Å²) in [6.07, 6.45) is 0. The molecule has 2 amide bonds. The first-order chi connectivity index (χ1) is 9.02. The number of rotatable bonds is 4. The Kier molecular flexibility index (Phi) is 4.52. The molecular formula is C13H15BrN2O2S. The number of aryl methyl sites for hydroxylation is 2. The number of nitrogens with zero attached hydrogens (tertiary/aromatic N) is 1. The fraction of sp³-hybridized carbons (Fsp3) is 0.385. The maximum Gasteiger partial charge on any atom is 0.290 e. The first kappa shape index (κ1) is 14.4. The average Bonchev–Trinajstić information content (AvgIpc) is 2.61. The van der Waals surface area contributed by atoms with Gasteiger partial charge in [-0.1, -0.05) is 33.6 Å². The van der Waals surface area contributed by atoms with Crippen LogP contribution in [0.1, 0.15) is 11.1 Å². The SMILES string of the molecule is Cc1ccc(N[C@H]2SC(=O)N(CCBr)C2=O)c(C)c1. The van der Waals surface area contributed by atoms with E-state index in [4.69, 9.17) is 0 Å². The Morgan fingerprint density at radius 3 is 2.74 bits per heavy atom. The van der Waals surface area contributed by atoms with Gasteiger partial charge in [0, 0.05) is 17.6 Å². The second-order valence-corrected chi connectivity index (χ2v) is 6.25. The number of thioether (sulfide) groups is 1. The van der Waals surface area contributed by atoms with Crippen LogP contribution in [-0.2, 0) is 4.79 Å². The summed E-state index contributed by atoms with van der Waals surface area (Å²) in [4.78, 5) is 25.1. The predicted octanol–water partition coefficient (Wildman–Crippen LogP) is 3.13. The van der Waals surface area contributed by atoms with Gasteiger partial charge in [-0.05, 0) is 37.2 Å². The molecule has 1 N–H and O–H groups in total. The average molecular weight is 343 g/mol. The summed E-state index contributed by atoms with van der Waals surface area (Å²) in [7, 11) is 0. The van der Waals surface area contributed by atoms with E-state index < -0.39 is 5.37 Å². The molecule has 1 fully saturated rings. The minimum absolute atomic E-state index is 0.172. The number of alkyl halides is 1. The summed E-state index contributed by atoms with van der Waals surface area (Å²) in [5.74, 6) is -0.172. The third-order valence-electron chi connectivity index (χ3n) is 2.91. The number of hydrogen-bond donors (Lipinski definition) is 1. The van der Waals surface area contributed by atoms with Gasteiger partial charge in [0.15, 0.2) is 5.37 Å². The number of halogens is 1. The van der Waals surface area contributed by atoms with Gasteiger partial charge in [-0.2, -0.15) is 0 Å². The minimum atomic E-state index is -0.520. The normalized spacial score (nSPS) is 19.1. The van der Waals surface area contributed by atoms with Crippen LogP contribution in [0.3, 0.4) is 0 Å². The van der Waals surface area contributed by atoms with Crippen LogP contribution in [0, 0.1) is 13.8 Å². The van der Waals surface area contributed by atoms with E-state index in [9.17, 15) is 9.59 Å². The minimum Gasteiger partial charge on any atom is -0.365 e. The second kappa shape index (κ2) is 5.96. The summed E-state index contributed by atoms with van der Waals surface area (Å²) in [6, 6.07) is 5.97. The van der Waals surface area contributed by atoms with Crippen molar-refractivity contribution in [3.8, 4) is 0 Å². The first-order valence-electron chi connectivity index (χ1n) is 5.94. The summed E-state index contributed by atoms with van der Waals surface area (Å²) in [6.45, 7) is 4.42. The fourth-order valence-corrected chi connectivity index (χ4v) is 3.22. The zero-order valence-corrected chi connectivity index (χ0v) is 13.2. The molecule has 2 rings (SSSR count). The Balaban J connectivity index is 2.12. The Labute approximate surface area is 125 Å². The lowest BCUT2D eigenvalue weighted by atomic mass is 10.1. The molecule has 0 aliphatic carbocycles. The number of anilines is 1. The van der Waals surface area contributed by atoms with E-state index in [1.165, 1.54) is 10.5 Å². The smallest absolute Gasteiger partial charge is 0.290 e. The Morgan fingerprint density at radius 1 is 1.37 bits per heavy atom. The molecule has 0 unspecified atom stereocenters. The quantitative estimate of drug-likeness (QED) is 0.854. The molecule has 102 valence electrons. The molecule has 0 spiro atoms. The molecule has 1 aromatic rings. The van der Waals surface area contributed by atoms with Crippen LogP contribution in [0.15, 0.2) is 18.2 Å². The summed E-state index contributed by atoms with van der Waals surface area (Å²) in [5, 5.41) is 3.03. The maximum absolute atomic E-state index is 12.1. The van der Waals surface area contributed by atoms with E-state index in [2.05, 4.69) is 21.2 Å². The molecule has 19 heavy (non-hydrogen) atoms. The van der Waals surface area contributed by atoms with Gasteiger partial charge in [-0.25, -0.2) is 0 Å². The van der Waals surface area contributed by atoms with Gasteiger partial charge in [-0.3, -0.25) is 14.5 Å². The van der Waals surface area contributed by atoms with Crippen LogP contribution in [-0.4, -0.2) is 33.3 Å². The highest BCUT2D eigenvalue weighted by Gasteiger charge is 2.39. The van der Waals surface area contributed by atoms with Crippen molar-refractivity contribution in [2.45, 2.75) is 19.2 Å². The van der Waals surface area contributed by atoms with Crippen molar-refractivity contribution < 1.29 is 9.59 Å². The number of hydrogen-bond acceptors (Lipinski definition) is 4. The van der Waals surface area contributed by atoms with E-state index in [1.54, 1.807) is 0 Å². The van der Waals surface area contributed by atoms with Crippen molar-refractivity contribution in [1.82, 2.24) is 4.90 Å². The lowest BCUT2D eigenvalue weighted by Crippen LogP contribution is -2.35. The first-order valence-corrected chi connectivity index (χ1v) is 7.95. The molecule has 0 radical (unpaired) electrons. The van der Waals surface area contributed by atoms with Crippen molar-refractivity contribution in [1.29, 1.82) is 0 Å². The zero-order chi connectivity index (χ0) is 14.0. The standard InChI is InChI=1S/C13H15BrN2O2S/c1-8-3-4-10(9(2)7-8)15-11-12(17)16(6-5-14)13(18)19-11/h3-4,7,11,15H,5-6H2,1-2H3/t11-/m0/s1. The van der Waals surface area contributed by atoms with Crippen molar-refractivity contribution >= 4 is 44.5 Å². The van der Waals surface area contributed by atoms with Gasteiger partial charge in [0.25, 0.3) is 11.1 Å². The predicted molar refractivity (Wildman–Crippen MR) is 81.8 cm³/mol. The van der Waals surface area contributed by atoms with E-state index in [0.29, 0.717) is 11.9 Å². The molecule has 1 heterocycles. The number of imide groups is 1. The second-order valence-electron chi connectivity index (χ2n) is 4.41. The number of nitrogens with one attached hydrogen (secondary N) is 1. The Hall–Kier alpha value is -1.01. The van der Waals surface area contributed by atoms with Crippen LogP contribution in [0.5, 0.6) is 0 Å². The molecule has 0 bridgehead atoms. The van der Waals surface area contributed by atoms with Gasteiger partial charge in [-0.15, -0.1) is 0 Å². The van der Waals surface area contributed by atoms with Crippen LogP contribution in [0.25, 0.3) is 0 Å². The van der Waals surface area contributed by atoms with Crippen molar-refractivity contribution in [2.24, 2.45) is 0 Å². The monoisotopic (exact) mass is 342 g/mol. The van der Waals surface area contributed by atoms with Crippen LogP contribution in [0.2, 0.25) is 0 Å². The van der Waals surface area contributed by atoms with Crippen molar-refractivity contribution in [3.05, 3.63) is 29.3 Å². The van der Waals surface area contributed by atoms with E-state index in [1.807, 2.05) is 32.0 Å². The molecule has 1 atom stereocenters. The fourth-order valence-electron chi connectivity index (χ4n) is 1.94. The highest BCUT2D eigenvalue weighted by atomic mass is 79.9. The molecule has 1 aliphatic heterocycles. The lowest BCUT2D eigenvalue weighted by molar-refractivity contribution is -0.125. The molecule has 1 aliphatic rings. The maximum atomic E-state index is 12.1. The van der Waals surface area contributed by atoms with Crippen LogP contribution in [0.4, 0.5) is 10.5 Å². The van der Waals surface area contributed by atoms with Crippen molar-refractivity contribution in [2.75, 3.05) is 17.2 Å². The molecule has 1 aromatic carbocycles. The van der Waals surface area contributed by atoms with E-state index in [0.717, 1.165) is 23.0 Å². The van der Waals surface area contributed by atoms with Crippen LogP contribution >= 0.6 is 27.7 Å². The number of benzene rings is 1. The largest absolute Gasteiger partial charge is 0.365 e. The van der Waals surface area contributed by atoms with E-state index >= 15 is 0 Å². The third kappa shape index (κ3) is 3.12. The molecule has 0 saturated carbocycles. The van der Waals surface area contributed by atoms with Crippen LogP contribution < -0.4 is 5.32 Å².